The van der Waals surface area contributed by atoms with Gasteiger partial charge in [-0.3, -0.25) is 9.78 Å². The first kappa shape index (κ1) is 13.7. The zero-order valence-corrected chi connectivity index (χ0v) is 12.5. The molecule has 0 saturated carbocycles. The van der Waals surface area contributed by atoms with E-state index in [0.717, 1.165) is 36.1 Å². The lowest BCUT2D eigenvalue weighted by Crippen LogP contribution is -2.11. The van der Waals surface area contributed by atoms with E-state index in [4.69, 9.17) is 0 Å². The fraction of sp³-hybridized carbons (Fsp3) is 0.263. The van der Waals surface area contributed by atoms with Gasteiger partial charge in [0, 0.05) is 16.8 Å². The second-order valence-corrected chi connectivity index (χ2v) is 5.73. The van der Waals surface area contributed by atoms with Crippen LogP contribution in [0.4, 0.5) is 0 Å². The molecule has 106 valence electrons. The molecule has 0 aliphatic heterocycles. The Kier molecular flexibility index (Phi) is 3.70. The fourth-order valence-electron chi connectivity index (χ4n) is 2.94. The van der Waals surface area contributed by atoms with Gasteiger partial charge in [0.25, 0.3) is 0 Å². The number of carbonyl (C=O) groups is 1. The normalized spacial score (nSPS) is 19.3. The molecule has 0 bridgehead atoms. The molecule has 2 heteroatoms. The van der Waals surface area contributed by atoms with Crippen molar-refractivity contribution in [3.8, 4) is 0 Å². The minimum atomic E-state index is 0.451. The predicted octanol–water partition coefficient (Wildman–Crippen LogP) is 4.64. The van der Waals surface area contributed by atoms with Gasteiger partial charge in [-0.05, 0) is 42.9 Å². The highest BCUT2D eigenvalue weighted by atomic mass is 16.1. The molecule has 3 rings (SSSR count). The largest absolute Gasteiger partial charge is 0.298 e. The molecule has 1 atom stereocenters. The highest BCUT2D eigenvalue weighted by Crippen LogP contribution is 2.38. The van der Waals surface area contributed by atoms with E-state index in [2.05, 4.69) is 30.1 Å². The number of carbonyl (C=O) groups excluding carboxylic acids is 1. The minimum Gasteiger partial charge on any atom is -0.298 e. The Labute approximate surface area is 125 Å². The Morgan fingerprint density at radius 2 is 2.00 bits per heavy atom. The molecule has 1 aliphatic rings. The lowest BCUT2D eigenvalue weighted by molar-refractivity contribution is 0.112. The summed E-state index contributed by atoms with van der Waals surface area (Å²) < 4.78 is 0. The third kappa shape index (κ3) is 2.66. The lowest BCUT2D eigenvalue weighted by atomic mass is 9.82. The summed E-state index contributed by atoms with van der Waals surface area (Å²) in [6.07, 6.45) is 5.27. The van der Waals surface area contributed by atoms with E-state index in [9.17, 15) is 4.79 Å². The summed E-state index contributed by atoms with van der Waals surface area (Å²) >= 11 is 0. The van der Waals surface area contributed by atoms with E-state index >= 15 is 0 Å². The van der Waals surface area contributed by atoms with Crippen LogP contribution in [0.2, 0.25) is 0 Å². The fourth-order valence-corrected chi connectivity index (χ4v) is 2.94. The number of benzene rings is 1. The van der Waals surface area contributed by atoms with Crippen LogP contribution in [-0.2, 0) is 0 Å². The van der Waals surface area contributed by atoms with Crippen LogP contribution in [-0.4, -0.2) is 11.3 Å². The number of aldehydes is 1. The molecule has 1 aliphatic carbocycles. The van der Waals surface area contributed by atoms with Crippen LogP contribution in [0.3, 0.4) is 0 Å². The molecule has 1 aromatic carbocycles. The van der Waals surface area contributed by atoms with Crippen molar-refractivity contribution in [2.75, 3.05) is 0 Å². The molecule has 2 nitrogen and oxygen atoms in total. The Balaban J connectivity index is 2.13. The Morgan fingerprint density at radius 1 is 1.24 bits per heavy atom. The van der Waals surface area contributed by atoms with Crippen LogP contribution in [0.5, 0.6) is 0 Å². The quantitative estimate of drug-likeness (QED) is 0.748. The average Bonchev–Trinajstić information content (AvgIpc) is 2.51. The average molecular weight is 277 g/mol. The van der Waals surface area contributed by atoms with Crippen molar-refractivity contribution in [1.82, 2.24) is 4.98 Å². The van der Waals surface area contributed by atoms with E-state index < -0.39 is 0 Å². The van der Waals surface area contributed by atoms with Crippen LogP contribution in [0.1, 0.15) is 58.6 Å². The van der Waals surface area contributed by atoms with E-state index in [1.807, 2.05) is 31.2 Å². The first-order valence-electron chi connectivity index (χ1n) is 7.41. The van der Waals surface area contributed by atoms with Gasteiger partial charge in [-0.1, -0.05) is 43.3 Å². The van der Waals surface area contributed by atoms with Crippen molar-refractivity contribution in [3.63, 3.8) is 0 Å². The molecule has 0 amide bonds. The van der Waals surface area contributed by atoms with E-state index in [1.54, 1.807) is 0 Å². The number of fused-ring (bicyclic) bond motifs is 1. The third-order valence-corrected chi connectivity index (χ3v) is 4.21. The van der Waals surface area contributed by atoms with Crippen LogP contribution in [0.25, 0.3) is 11.6 Å². The number of rotatable bonds is 2. The van der Waals surface area contributed by atoms with Crippen LogP contribution < -0.4 is 0 Å². The maximum absolute atomic E-state index is 11.2. The lowest BCUT2D eigenvalue weighted by Gasteiger charge is -2.25. The highest BCUT2D eigenvalue weighted by molar-refractivity contribution is 5.86. The molecular formula is C19H19NO. The van der Waals surface area contributed by atoms with E-state index in [-0.39, 0.29) is 0 Å². The smallest absolute Gasteiger partial charge is 0.151 e. The number of hydrogen-bond acceptors (Lipinski definition) is 2. The van der Waals surface area contributed by atoms with Crippen molar-refractivity contribution in [1.29, 1.82) is 0 Å². The number of hydrogen-bond donors (Lipinski definition) is 0. The second-order valence-electron chi connectivity index (χ2n) is 5.73. The van der Waals surface area contributed by atoms with Crippen molar-refractivity contribution < 1.29 is 4.79 Å². The van der Waals surface area contributed by atoms with Gasteiger partial charge in [-0.25, -0.2) is 0 Å². The van der Waals surface area contributed by atoms with Crippen molar-refractivity contribution in [2.45, 2.75) is 32.6 Å². The van der Waals surface area contributed by atoms with Crippen LogP contribution in [0.15, 0.2) is 36.4 Å². The third-order valence-electron chi connectivity index (χ3n) is 4.21. The van der Waals surface area contributed by atoms with E-state index in [0.29, 0.717) is 11.5 Å². The molecule has 1 aromatic heterocycles. The van der Waals surface area contributed by atoms with Crippen molar-refractivity contribution in [3.05, 3.63) is 64.5 Å². The van der Waals surface area contributed by atoms with Gasteiger partial charge in [-0.15, -0.1) is 0 Å². The summed E-state index contributed by atoms with van der Waals surface area (Å²) in [5, 5.41) is 0. The summed E-state index contributed by atoms with van der Waals surface area (Å²) in [5.41, 5.74) is 6.28. The zero-order chi connectivity index (χ0) is 14.8. The van der Waals surface area contributed by atoms with Crippen LogP contribution >= 0.6 is 0 Å². The first-order chi connectivity index (χ1) is 10.2. The highest BCUT2D eigenvalue weighted by Gasteiger charge is 2.22. The second kappa shape index (κ2) is 5.65. The summed E-state index contributed by atoms with van der Waals surface area (Å²) in [5.74, 6) is 0.451. The topological polar surface area (TPSA) is 30.0 Å². The Hall–Kier alpha value is -2.22. The Morgan fingerprint density at radius 3 is 2.71 bits per heavy atom. The summed E-state index contributed by atoms with van der Waals surface area (Å²) in [7, 11) is 0. The van der Waals surface area contributed by atoms with Gasteiger partial charge < -0.3 is 0 Å². The predicted molar refractivity (Wildman–Crippen MR) is 86.3 cm³/mol. The summed E-state index contributed by atoms with van der Waals surface area (Å²) in [6, 6.07) is 12.3. The molecule has 21 heavy (non-hydrogen) atoms. The maximum atomic E-state index is 11.2. The molecule has 1 unspecified atom stereocenters. The molecular weight excluding hydrogens is 258 g/mol. The molecule has 0 radical (unpaired) electrons. The van der Waals surface area contributed by atoms with Gasteiger partial charge in [0.1, 0.15) is 0 Å². The van der Waals surface area contributed by atoms with Gasteiger partial charge in [-0.2, -0.15) is 0 Å². The molecule has 0 spiro atoms. The van der Waals surface area contributed by atoms with Crippen molar-refractivity contribution >= 4 is 17.9 Å². The number of aryl methyl sites for hydroxylation is 1. The number of nitrogens with zero attached hydrogens (tertiary/aromatic N) is 1. The van der Waals surface area contributed by atoms with Crippen LogP contribution in [0, 0.1) is 6.92 Å². The first-order valence-corrected chi connectivity index (χ1v) is 7.41. The number of allylic oxidation sites excluding steroid dienone is 1. The van der Waals surface area contributed by atoms with Gasteiger partial charge in [0.05, 0.1) is 5.69 Å². The molecule has 0 fully saturated rings. The van der Waals surface area contributed by atoms with Gasteiger partial charge >= 0.3 is 0 Å². The summed E-state index contributed by atoms with van der Waals surface area (Å²) in [6.45, 7) is 4.12. The minimum absolute atomic E-state index is 0.451. The maximum Gasteiger partial charge on any atom is 0.151 e. The van der Waals surface area contributed by atoms with Gasteiger partial charge in [0.15, 0.2) is 6.29 Å². The van der Waals surface area contributed by atoms with Gasteiger partial charge in [0.2, 0.25) is 0 Å². The summed E-state index contributed by atoms with van der Waals surface area (Å²) in [4.78, 5) is 15.9. The van der Waals surface area contributed by atoms with Crippen molar-refractivity contribution in [2.24, 2.45) is 0 Å². The number of pyridine rings is 1. The SMILES string of the molecule is Cc1nc2c(cc1C=O)C(=Cc1ccccc1)CCC2C. The standard InChI is InChI=1S/C19H19NO/c1-13-8-9-16(10-15-6-4-3-5-7-15)18-11-17(12-21)14(2)20-19(13)18/h3-7,10-13H,8-9H2,1-2H3. The number of aromatic nitrogens is 1. The Bertz CT molecular complexity index is 701. The molecule has 0 N–H and O–H groups in total. The molecule has 1 heterocycles. The van der Waals surface area contributed by atoms with E-state index in [1.165, 1.54) is 11.1 Å². The molecule has 0 saturated heterocycles. The molecule has 2 aromatic rings. The monoisotopic (exact) mass is 277 g/mol. The zero-order valence-electron chi connectivity index (χ0n) is 12.5.